The lowest BCUT2D eigenvalue weighted by Crippen LogP contribution is -2.51. The van der Waals surface area contributed by atoms with Crippen LogP contribution >= 0.6 is 0 Å². The van der Waals surface area contributed by atoms with Gasteiger partial charge in [-0.05, 0) is 56.7 Å². The number of carbonyl (C=O) groups is 1. The summed E-state index contributed by atoms with van der Waals surface area (Å²) in [7, 11) is 0. The van der Waals surface area contributed by atoms with Crippen LogP contribution in [0.25, 0.3) is 0 Å². The van der Waals surface area contributed by atoms with Gasteiger partial charge in [0.2, 0.25) is 5.95 Å². The van der Waals surface area contributed by atoms with E-state index < -0.39 is 6.03 Å². The minimum atomic E-state index is -0.419. The molecule has 2 fully saturated rings. The van der Waals surface area contributed by atoms with Crippen molar-refractivity contribution in [2.45, 2.75) is 52.1 Å². The van der Waals surface area contributed by atoms with Gasteiger partial charge in [-0.1, -0.05) is 13.0 Å². The Balaban J connectivity index is 1.71. The van der Waals surface area contributed by atoms with Gasteiger partial charge in [0, 0.05) is 62.4 Å². The molecule has 7 N–H and O–H groups in total. The number of anilines is 4. The molecule has 0 bridgehead atoms. The summed E-state index contributed by atoms with van der Waals surface area (Å²) in [5.41, 5.74) is 9.61. The average Bonchev–Trinajstić information content (AvgIpc) is 3.78. The number of piperazine rings is 1. The Bertz CT molecular complexity index is 1160. The van der Waals surface area contributed by atoms with E-state index in [4.69, 9.17) is 26.5 Å². The molecule has 38 heavy (non-hydrogen) atoms. The predicted molar refractivity (Wildman–Crippen MR) is 154 cm³/mol. The molecular formula is C27H40N10O. The van der Waals surface area contributed by atoms with Crippen LogP contribution < -0.4 is 26.6 Å². The van der Waals surface area contributed by atoms with Crippen LogP contribution in [-0.4, -0.2) is 72.1 Å². The Hall–Kier alpha value is -3.89. The molecular weight excluding hydrogens is 480 g/mol. The molecule has 1 saturated carbocycles. The number of benzene rings is 1. The van der Waals surface area contributed by atoms with E-state index in [9.17, 15) is 4.79 Å². The number of hydrogen-bond donors (Lipinski definition) is 6. The summed E-state index contributed by atoms with van der Waals surface area (Å²) < 4.78 is 0. The van der Waals surface area contributed by atoms with Gasteiger partial charge in [0.05, 0.1) is 6.04 Å². The van der Waals surface area contributed by atoms with Crippen molar-refractivity contribution in [1.82, 2.24) is 14.9 Å². The molecule has 1 aromatic carbocycles. The normalized spacial score (nSPS) is 16.9. The van der Waals surface area contributed by atoms with Crippen LogP contribution in [0.5, 0.6) is 0 Å². The Morgan fingerprint density at radius 1 is 1.13 bits per heavy atom. The SMILES string of the molecule is CCNc1ccc(C(Nc2nc(N3CCN(C(N)=O)CC3)nc(C=N)c2N[C@@H](C)CC)C2CC2)cc1C=N. The second-order valence-electron chi connectivity index (χ2n) is 10.0. The summed E-state index contributed by atoms with van der Waals surface area (Å²) in [5.74, 6) is 1.65. The van der Waals surface area contributed by atoms with Crippen LogP contribution in [0.2, 0.25) is 0 Å². The molecule has 11 heteroatoms. The molecule has 4 rings (SSSR count). The van der Waals surface area contributed by atoms with Crippen molar-refractivity contribution >= 4 is 41.6 Å². The van der Waals surface area contributed by atoms with Crippen molar-refractivity contribution in [3.05, 3.63) is 35.0 Å². The molecule has 2 aromatic rings. The van der Waals surface area contributed by atoms with Crippen LogP contribution in [0.15, 0.2) is 18.2 Å². The summed E-state index contributed by atoms with van der Waals surface area (Å²) in [6.45, 7) is 9.19. The first-order chi connectivity index (χ1) is 18.4. The molecule has 2 aliphatic rings. The Labute approximate surface area is 224 Å². The molecule has 1 unspecified atom stereocenters. The van der Waals surface area contributed by atoms with Crippen molar-refractivity contribution < 1.29 is 4.79 Å². The van der Waals surface area contributed by atoms with Gasteiger partial charge in [-0.3, -0.25) is 0 Å². The number of nitrogens with two attached hydrogens (primary N) is 1. The van der Waals surface area contributed by atoms with Crippen molar-refractivity contribution in [2.24, 2.45) is 11.7 Å². The van der Waals surface area contributed by atoms with Gasteiger partial charge in [-0.15, -0.1) is 0 Å². The second kappa shape index (κ2) is 12.1. The maximum Gasteiger partial charge on any atom is 0.314 e. The van der Waals surface area contributed by atoms with Crippen molar-refractivity contribution in [3.8, 4) is 0 Å². The fraction of sp³-hybridized carbons (Fsp3) is 0.519. The molecule has 2 atom stereocenters. The van der Waals surface area contributed by atoms with Crippen molar-refractivity contribution in [1.29, 1.82) is 10.8 Å². The molecule has 2 amide bonds. The number of nitrogens with one attached hydrogen (secondary N) is 5. The molecule has 0 radical (unpaired) electrons. The standard InChI is InChI=1S/C27H40N10O/c1-4-17(3)32-24-22(16-29)33-27(37-12-10-36(11-13-37)26(30)38)35-25(24)34-23(18-6-7-18)19-8-9-21(31-5-2)20(14-19)15-28/h8-9,14-18,23,28-29,31-32H,4-7,10-13H2,1-3H3,(H2,30,38)(H,33,34,35)/t17-,23?/m0/s1. The predicted octanol–water partition coefficient (Wildman–Crippen LogP) is 3.88. The number of carbonyl (C=O) groups excluding carboxylic acids is 1. The van der Waals surface area contributed by atoms with Gasteiger partial charge in [-0.2, -0.15) is 4.98 Å². The Morgan fingerprint density at radius 3 is 2.45 bits per heavy atom. The van der Waals surface area contributed by atoms with Gasteiger partial charge in [0.1, 0.15) is 11.4 Å². The Morgan fingerprint density at radius 2 is 1.87 bits per heavy atom. The number of nitrogens with zero attached hydrogens (tertiary/aromatic N) is 4. The highest BCUT2D eigenvalue weighted by Crippen LogP contribution is 2.44. The van der Waals surface area contributed by atoms with Gasteiger partial charge < -0.3 is 42.3 Å². The summed E-state index contributed by atoms with van der Waals surface area (Å²) in [5, 5.41) is 26.6. The second-order valence-corrected chi connectivity index (χ2v) is 10.0. The van der Waals surface area contributed by atoms with Crippen molar-refractivity contribution in [2.75, 3.05) is 53.6 Å². The molecule has 2 heterocycles. The van der Waals surface area contributed by atoms with Crippen LogP contribution in [0.3, 0.4) is 0 Å². The maximum absolute atomic E-state index is 11.6. The fourth-order valence-electron chi connectivity index (χ4n) is 4.73. The third-order valence-electron chi connectivity index (χ3n) is 7.28. The third kappa shape index (κ3) is 6.15. The van der Waals surface area contributed by atoms with E-state index in [2.05, 4.69) is 41.9 Å². The third-order valence-corrected chi connectivity index (χ3v) is 7.28. The van der Waals surface area contributed by atoms with Crippen LogP contribution in [-0.2, 0) is 0 Å². The van der Waals surface area contributed by atoms with Crippen molar-refractivity contribution in [3.63, 3.8) is 0 Å². The quantitative estimate of drug-likeness (QED) is 0.232. The average molecular weight is 521 g/mol. The van der Waals surface area contributed by atoms with Gasteiger partial charge >= 0.3 is 6.03 Å². The molecule has 1 aliphatic carbocycles. The van der Waals surface area contributed by atoms with Crippen LogP contribution in [0.4, 0.5) is 27.9 Å². The summed E-state index contributed by atoms with van der Waals surface area (Å²) in [4.78, 5) is 24.9. The number of amides is 2. The number of aromatic nitrogens is 2. The highest BCUT2D eigenvalue weighted by Gasteiger charge is 2.34. The lowest BCUT2D eigenvalue weighted by atomic mass is 9.99. The van der Waals surface area contributed by atoms with Gasteiger partial charge in [-0.25, -0.2) is 9.78 Å². The molecule has 11 nitrogen and oxygen atoms in total. The Kier molecular flexibility index (Phi) is 8.65. The van der Waals surface area contributed by atoms with E-state index in [1.54, 1.807) is 4.90 Å². The summed E-state index contributed by atoms with van der Waals surface area (Å²) in [6, 6.07) is 6.00. The van der Waals surface area contributed by atoms with Crippen LogP contribution in [0, 0.1) is 16.7 Å². The van der Waals surface area contributed by atoms with E-state index in [0.717, 1.165) is 48.3 Å². The van der Waals surface area contributed by atoms with Crippen LogP contribution in [0.1, 0.15) is 62.9 Å². The molecule has 1 aliphatic heterocycles. The topological polar surface area (TPSA) is 159 Å². The van der Waals surface area contributed by atoms with E-state index in [0.29, 0.717) is 49.6 Å². The fourth-order valence-corrected chi connectivity index (χ4v) is 4.73. The number of rotatable bonds is 12. The first-order valence-corrected chi connectivity index (χ1v) is 13.5. The lowest BCUT2D eigenvalue weighted by molar-refractivity contribution is 0.204. The first kappa shape index (κ1) is 27.2. The monoisotopic (exact) mass is 520 g/mol. The van der Waals surface area contributed by atoms with E-state index >= 15 is 0 Å². The maximum atomic E-state index is 11.6. The van der Waals surface area contributed by atoms with Gasteiger partial charge in [0.15, 0.2) is 5.82 Å². The lowest BCUT2D eigenvalue weighted by Gasteiger charge is -2.34. The first-order valence-electron chi connectivity index (χ1n) is 13.5. The zero-order valence-electron chi connectivity index (χ0n) is 22.6. The minimum absolute atomic E-state index is 0.00917. The number of urea groups is 1. The minimum Gasteiger partial charge on any atom is -0.385 e. The largest absolute Gasteiger partial charge is 0.385 e. The summed E-state index contributed by atoms with van der Waals surface area (Å²) >= 11 is 0. The molecule has 204 valence electrons. The molecule has 1 aromatic heterocycles. The number of primary amides is 1. The van der Waals surface area contributed by atoms with E-state index in [1.165, 1.54) is 12.4 Å². The zero-order chi connectivity index (χ0) is 27.2. The molecule has 0 spiro atoms. The van der Waals surface area contributed by atoms with E-state index in [-0.39, 0.29) is 12.1 Å². The highest BCUT2D eigenvalue weighted by atomic mass is 16.2. The van der Waals surface area contributed by atoms with E-state index in [1.807, 2.05) is 17.9 Å². The summed E-state index contributed by atoms with van der Waals surface area (Å²) in [6.07, 6.45) is 5.80. The highest BCUT2D eigenvalue weighted by molar-refractivity contribution is 5.89. The number of hydrogen-bond acceptors (Lipinski definition) is 9. The smallest absolute Gasteiger partial charge is 0.314 e. The molecule has 1 saturated heterocycles. The van der Waals surface area contributed by atoms with Gasteiger partial charge in [0.25, 0.3) is 0 Å². The zero-order valence-corrected chi connectivity index (χ0v) is 22.6.